The van der Waals surface area contributed by atoms with Crippen molar-refractivity contribution in [1.29, 1.82) is 0 Å². The van der Waals surface area contributed by atoms with E-state index in [1.165, 1.54) is 30.3 Å². The smallest absolute Gasteiger partial charge is 0.337 e. The van der Waals surface area contributed by atoms with Gasteiger partial charge in [-0.3, -0.25) is 0 Å². The van der Waals surface area contributed by atoms with Crippen LogP contribution in [0, 0.1) is 0 Å². The summed E-state index contributed by atoms with van der Waals surface area (Å²) in [6.45, 7) is 0.737. The first-order chi connectivity index (χ1) is 12.1. The number of benzene rings is 1. The van der Waals surface area contributed by atoms with E-state index in [4.69, 9.17) is 28.3 Å². The molecule has 0 bridgehead atoms. The molecule has 26 heavy (non-hydrogen) atoms. The van der Waals surface area contributed by atoms with Crippen LogP contribution < -0.4 is 0 Å². The lowest BCUT2D eigenvalue weighted by atomic mass is 10.0. The number of nitrogens with zero attached hydrogens (tertiary/aromatic N) is 1. The summed E-state index contributed by atoms with van der Waals surface area (Å²) in [6.07, 6.45) is -1.39. The number of aliphatic hydroxyl groups excluding tert-OH is 1. The van der Waals surface area contributed by atoms with Gasteiger partial charge in [-0.15, -0.1) is 0 Å². The van der Waals surface area contributed by atoms with Crippen LogP contribution in [-0.4, -0.2) is 26.2 Å². The van der Waals surface area contributed by atoms with Crippen LogP contribution in [0.3, 0.4) is 0 Å². The monoisotopic (exact) mass is 400 g/mol. The van der Waals surface area contributed by atoms with Gasteiger partial charge in [0.25, 0.3) is 5.92 Å². The van der Waals surface area contributed by atoms with Gasteiger partial charge in [0.15, 0.2) is 0 Å². The third kappa shape index (κ3) is 3.25. The van der Waals surface area contributed by atoms with Crippen LogP contribution in [0.2, 0.25) is 10.0 Å². The van der Waals surface area contributed by atoms with Gasteiger partial charge in [-0.1, -0.05) is 23.2 Å². The molecule has 0 aliphatic heterocycles. The molecule has 5 nitrogen and oxygen atoms in total. The van der Waals surface area contributed by atoms with Crippen molar-refractivity contribution in [1.82, 2.24) is 9.97 Å². The van der Waals surface area contributed by atoms with Gasteiger partial charge in [0.05, 0.1) is 27.3 Å². The molecule has 0 fully saturated rings. The number of aliphatic hydroxyl groups is 1. The van der Waals surface area contributed by atoms with Crippen LogP contribution in [0.15, 0.2) is 30.3 Å². The fourth-order valence-corrected chi connectivity index (χ4v) is 3.22. The Morgan fingerprint density at radius 3 is 2.58 bits per heavy atom. The predicted molar refractivity (Wildman–Crippen MR) is 93.1 cm³/mol. The summed E-state index contributed by atoms with van der Waals surface area (Å²) in [5.74, 6) is -4.37. The zero-order valence-electron chi connectivity index (χ0n) is 13.2. The van der Waals surface area contributed by atoms with Gasteiger partial charge in [-0.2, -0.15) is 8.78 Å². The van der Waals surface area contributed by atoms with Gasteiger partial charge in [-0.05, 0) is 30.3 Å². The molecule has 2 heterocycles. The Kier molecular flexibility index (Phi) is 4.64. The van der Waals surface area contributed by atoms with E-state index in [1.807, 2.05) is 0 Å². The Labute approximate surface area is 156 Å². The number of aromatic carboxylic acids is 1. The zero-order valence-corrected chi connectivity index (χ0v) is 14.7. The molecule has 2 aromatic heterocycles. The average molecular weight is 401 g/mol. The maximum Gasteiger partial charge on any atom is 0.337 e. The molecule has 1 unspecified atom stereocenters. The number of carboxylic acid groups (broad SMARTS) is 1. The Hall–Kier alpha value is -2.22. The molecule has 0 saturated carbocycles. The van der Waals surface area contributed by atoms with Crippen LogP contribution in [-0.2, 0) is 5.92 Å². The number of H-pyrrole nitrogens is 1. The molecule has 1 aromatic carbocycles. The highest BCUT2D eigenvalue weighted by Gasteiger charge is 2.27. The number of hydrogen-bond acceptors (Lipinski definition) is 3. The lowest BCUT2D eigenvalue weighted by Gasteiger charge is -2.14. The minimum absolute atomic E-state index is 0.000773. The number of aromatic nitrogens is 2. The van der Waals surface area contributed by atoms with Crippen LogP contribution in [0.1, 0.15) is 40.3 Å². The number of carbonyl (C=O) groups is 1. The van der Waals surface area contributed by atoms with Crippen molar-refractivity contribution in [2.75, 3.05) is 0 Å². The molecule has 1 atom stereocenters. The second kappa shape index (κ2) is 6.50. The first-order valence-corrected chi connectivity index (χ1v) is 8.12. The second-order valence-corrected chi connectivity index (χ2v) is 6.56. The molecule has 0 amide bonds. The number of halogens is 4. The van der Waals surface area contributed by atoms with Gasteiger partial charge in [0.1, 0.15) is 11.8 Å². The quantitative estimate of drug-likeness (QED) is 0.588. The van der Waals surface area contributed by atoms with E-state index in [0.717, 1.165) is 6.92 Å². The average Bonchev–Trinajstić information content (AvgIpc) is 2.96. The van der Waals surface area contributed by atoms with Gasteiger partial charge in [-0.25, -0.2) is 9.78 Å². The van der Waals surface area contributed by atoms with Crippen LogP contribution in [0.25, 0.3) is 11.0 Å². The molecule has 0 aliphatic carbocycles. The van der Waals surface area contributed by atoms with Gasteiger partial charge < -0.3 is 15.2 Å². The lowest BCUT2D eigenvalue weighted by Crippen LogP contribution is -2.09. The van der Waals surface area contributed by atoms with Crippen molar-refractivity contribution in [2.45, 2.75) is 19.0 Å². The molecule has 0 saturated heterocycles. The van der Waals surface area contributed by atoms with Crippen molar-refractivity contribution in [3.63, 3.8) is 0 Å². The fourth-order valence-electron chi connectivity index (χ4n) is 2.56. The topological polar surface area (TPSA) is 86.2 Å². The maximum absolute atomic E-state index is 13.4. The summed E-state index contributed by atoms with van der Waals surface area (Å²) >= 11 is 12.2. The molecule has 136 valence electrons. The third-order valence-corrected chi connectivity index (χ3v) is 4.61. The predicted octanol–water partition coefficient (Wildman–Crippen LogP) is 4.76. The molecule has 3 N–H and O–H groups in total. The number of rotatable bonds is 4. The molecule has 3 aromatic rings. The zero-order chi connectivity index (χ0) is 19.2. The number of nitrogens with one attached hydrogen (secondary N) is 1. The van der Waals surface area contributed by atoms with E-state index < -0.39 is 23.7 Å². The van der Waals surface area contributed by atoms with Crippen LogP contribution in [0.5, 0.6) is 0 Å². The Morgan fingerprint density at radius 1 is 1.27 bits per heavy atom. The second-order valence-electron chi connectivity index (χ2n) is 5.77. The number of hydrogen-bond donors (Lipinski definition) is 3. The molecular weight excluding hydrogens is 389 g/mol. The van der Waals surface area contributed by atoms with Crippen molar-refractivity contribution in [3.8, 4) is 0 Å². The summed E-state index contributed by atoms with van der Waals surface area (Å²) in [5.41, 5.74) is 0.214. The molecule has 0 spiro atoms. The van der Waals surface area contributed by atoms with Gasteiger partial charge in [0, 0.05) is 17.5 Å². The van der Waals surface area contributed by atoms with Gasteiger partial charge in [0.2, 0.25) is 0 Å². The Balaban J connectivity index is 2.10. The molecule has 9 heteroatoms. The van der Waals surface area contributed by atoms with Crippen molar-refractivity contribution < 1.29 is 23.8 Å². The van der Waals surface area contributed by atoms with E-state index in [1.54, 1.807) is 0 Å². The van der Waals surface area contributed by atoms with Crippen LogP contribution in [0.4, 0.5) is 8.78 Å². The Morgan fingerprint density at radius 2 is 1.96 bits per heavy atom. The lowest BCUT2D eigenvalue weighted by molar-refractivity contribution is 0.0131. The molecule has 3 rings (SSSR count). The first-order valence-electron chi connectivity index (χ1n) is 7.37. The largest absolute Gasteiger partial charge is 0.478 e. The highest BCUT2D eigenvalue weighted by molar-refractivity contribution is 6.38. The van der Waals surface area contributed by atoms with E-state index in [-0.39, 0.29) is 32.4 Å². The fraction of sp³-hybridized carbons (Fsp3) is 0.176. The van der Waals surface area contributed by atoms with Crippen molar-refractivity contribution in [2.24, 2.45) is 0 Å². The number of alkyl halides is 2. The SMILES string of the molecule is CC(F)(F)c1ccc2[nH]c(C(O)c3c(Cl)ccc(C(=O)O)c3Cl)cc2n1. The van der Waals surface area contributed by atoms with Crippen LogP contribution >= 0.6 is 23.2 Å². The number of aromatic amines is 1. The van der Waals surface area contributed by atoms with E-state index in [0.29, 0.717) is 5.52 Å². The standard InChI is InChI=1S/C17H12Cl2F2N2O3/c1-17(20,21)12-5-4-9-10(23-12)6-11(22-9)15(24)13-8(18)3-2-7(14(13)19)16(25)26/h2-6,15,22,24H,1H3,(H,25,26). The van der Waals surface area contributed by atoms with Gasteiger partial charge >= 0.3 is 5.97 Å². The normalized spacial score (nSPS) is 13.2. The Bertz CT molecular complexity index is 1020. The minimum Gasteiger partial charge on any atom is -0.478 e. The van der Waals surface area contributed by atoms with E-state index in [2.05, 4.69) is 9.97 Å². The molecule has 0 aliphatic rings. The minimum atomic E-state index is -3.10. The molecular formula is C17H12Cl2F2N2O3. The highest BCUT2D eigenvalue weighted by atomic mass is 35.5. The summed E-state index contributed by atoms with van der Waals surface area (Å²) in [4.78, 5) is 18.0. The molecule has 0 radical (unpaired) electrons. The van der Waals surface area contributed by atoms with Crippen molar-refractivity contribution >= 4 is 40.2 Å². The van der Waals surface area contributed by atoms with E-state index in [9.17, 15) is 18.7 Å². The first kappa shape index (κ1) is 18.6. The summed E-state index contributed by atoms with van der Waals surface area (Å²) in [6, 6.07) is 6.52. The summed E-state index contributed by atoms with van der Waals surface area (Å²) in [5, 5.41) is 19.6. The highest BCUT2D eigenvalue weighted by Crippen LogP contribution is 2.37. The van der Waals surface area contributed by atoms with Crippen molar-refractivity contribution in [3.05, 3.63) is 62.9 Å². The number of pyridine rings is 1. The van der Waals surface area contributed by atoms with E-state index >= 15 is 0 Å². The maximum atomic E-state index is 13.4. The summed E-state index contributed by atoms with van der Waals surface area (Å²) in [7, 11) is 0. The summed E-state index contributed by atoms with van der Waals surface area (Å²) < 4.78 is 26.9. The number of fused-ring (bicyclic) bond motifs is 1. The number of carboxylic acids is 1. The third-order valence-electron chi connectivity index (χ3n) is 3.87.